The molecule has 1 aromatic rings. The Labute approximate surface area is 107 Å². The summed E-state index contributed by atoms with van der Waals surface area (Å²) in [6.45, 7) is 0.681. The largest absolute Gasteiger partial charge is 0.341 e. The van der Waals surface area contributed by atoms with Crippen LogP contribution in [0.3, 0.4) is 0 Å². The minimum absolute atomic E-state index is 0.0412. The standard InChI is InChI=1S/C14H19FN2O/c1-17(9-11-5-2-3-6-12(11)15)13(18)14(10-16)7-4-8-14/h2-3,5-6H,4,7-10,16H2,1H3. The van der Waals surface area contributed by atoms with E-state index in [2.05, 4.69) is 0 Å². The third-order valence-electron chi connectivity index (χ3n) is 3.87. The fourth-order valence-electron chi connectivity index (χ4n) is 2.47. The van der Waals surface area contributed by atoms with Crippen LogP contribution >= 0.6 is 0 Å². The van der Waals surface area contributed by atoms with Crippen molar-refractivity contribution in [3.63, 3.8) is 0 Å². The Kier molecular flexibility index (Phi) is 3.66. The zero-order chi connectivity index (χ0) is 13.2. The molecule has 1 aliphatic carbocycles. The molecule has 1 fully saturated rings. The lowest BCUT2D eigenvalue weighted by Crippen LogP contribution is -2.50. The average molecular weight is 250 g/mol. The molecule has 4 heteroatoms. The molecule has 0 heterocycles. The van der Waals surface area contributed by atoms with E-state index in [1.54, 1.807) is 30.1 Å². The Morgan fingerprint density at radius 2 is 2.11 bits per heavy atom. The van der Waals surface area contributed by atoms with Gasteiger partial charge in [-0.05, 0) is 18.9 Å². The molecule has 18 heavy (non-hydrogen) atoms. The highest BCUT2D eigenvalue weighted by molar-refractivity contribution is 5.83. The molecule has 0 spiro atoms. The molecule has 1 saturated carbocycles. The smallest absolute Gasteiger partial charge is 0.230 e. The molecule has 3 nitrogen and oxygen atoms in total. The van der Waals surface area contributed by atoms with Crippen LogP contribution in [0.1, 0.15) is 24.8 Å². The van der Waals surface area contributed by atoms with E-state index in [1.165, 1.54) is 6.07 Å². The normalized spacial score (nSPS) is 17.1. The summed E-state index contributed by atoms with van der Waals surface area (Å²) in [7, 11) is 1.71. The topological polar surface area (TPSA) is 46.3 Å². The van der Waals surface area contributed by atoms with E-state index >= 15 is 0 Å². The number of nitrogens with zero attached hydrogens (tertiary/aromatic N) is 1. The Hall–Kier alpha value is -1.42. The van der Waals surface area contributed by atoms with Crippen LogP contribution in [-0.2, 0) is 11.3 Å². The Balaban J connectivity index is 2.06. The minimum Gasteiger partial charge on any atom is -0.341 e. The summed E-state index contributed by atoms with van der Waals surface area (Å²) in [5, 5.41) is 0. The van der Waals surface area contributed by atoms with Crippen molar-refractivity contribution >= 4 is 5.91 Å². The first-order valence-corrected chi connectivity index (χ1v) is 6.28. The highest BCUT2D eigenvalue weighted by Gasteiger charge is 2.44. The molecule has 0 atom stereocenters. The van der Waals surface area contributed by atoms with Gasteiger partial charge in [0.05, 0.1) is 5.41 Å². The van der Waals surface area contributed by atoms with Crippen LogP contribution in [0.5, 0.6) is 0 Å². The monoisotopic (exact) mass is 250 g/mol. The van der Waals surface area contributed by atoms with Gasteiger partial charge in [0.2, 0.25) is 5.91 Å². The first-order chi connectivity index (χ1) is 8.59. The molecule has 0 radical (unpaired) electrons. The molecule has 0 aromatic heterocycles. The van der Waals surface area contributed by atoms with Gasteiger partial charge >= 0.3 is 0 Å². The van der Waals surface area contributed by atoms with Crippen molar-refractivity contribution in [3.05, 3.63) is 35.6 Å². The van der Waals surface area contributed by atoms with Gasteiger partial charge in [-0.3, -0.25) is 4.79 Å². The summed E-state index contributed by atoms with van der Waals surface area (Å²) in [6, 6.07) is 6.54. The number of benzene rings is 1. The summed E-state index contributed by atoms with van der Waals surface area (Å²) in [6.07, 6.45) is 2.75. The fraction of sp³-hybridized carbons (Fsp3) is 0.500. The van der Waals surface area contributed by atoms with Crippen LogP contribution in [0.4, 0.5) is 4.39 Å². The predicted molar refractivity (Wildman–Crippen MR) is 68.2 cm³/mol. The number of carbonyl (C=O) groups is 1. The van der Waals surface area contributed by atoms with Crippen molar-refractivity contribution in [2.75, 3.05) is 13.6 Å². The van der Waals surface area contributed by atoms with Gasteiger partial charge in [-0.1, -0.05) is 24.6 Å². The number of halogens is 1. The number of hydrogen-bond donors (Lipinski definition) is 1. The average Bonchev–Trinajstić information content (AvgIpc) is 2.31. The van der Waals surface area contributed by atoms with Crippen molar-refractivity contribution in [1.82, 2.24) is 4.90 Å². The van der Waals surface area contributed by atoms with E-state index in [1.807, 2.05) is 0 Å². The highest BCUT2D eigenvalue weighted by atomic mass is 19.1. The maximum atomic E-state index is 13.5. The Morgan fingerprint density at radius 1 is 1.44 bits per heavy atom. The molecule has 1 aromatic carbocycles. The maximum Gasteiger partial charge on any atom is 0.230 e. The summed E-state index contributed by atoms with van der Waals surface area (Å²) in [5.74, 6) is -0.230. The van der Waals surface area contributed by atoms with Crippen LogP contribution in [-0.4, -0.2) is 24.4 Å². The molecule has 1 aliphatic rings. The first kappa shape index (κ1) is 13.0. The lowest BCUT2D eigenvalue weighted by Gasteiger charge is -2.41. The van der Waals surface area contributed by atoms with Gasteiger partial charge in [0.1, 0.15) is 5.82 Å². The second kappa shape index (κ2) is 5.06. The maximum absolute atomic E-state index is 13.5. The number of carbonyl (C=O) groups excluding carboxylic acids is 1. The minimum atomic E-state index is -0.389. The lowest BCUT2D eigenvalue weighted by molar-refractivity contribution is -0.145. The van der Waals surface area contributed by atoms with Gasteiger partial charge in [0.15, 0.2) is 0 Å². The zero-order valence-electron chi connectivity index (χ0n) is 10.7. The molecule has 0 saturated heterocycles. The number of nitrogens with two attached hydrogens (primary N) is 1. The molecule has 98 valence electrons. The molecular weight excluding hydrogens is 231 g/mol. The van der Waals surface area contributed by atoms with Crippen LogP contribution in [0, 0.1) is 11.2 Å². The van der Waals surface area contributed by atoms with Gasteiger partial charge in [0, 0.05) is 25.7 Å². The van der Waals surface area contributed by atoms with Crippen molar-refractivity contribution in [2.24, 2.45) is 11.1 Å². The molecule has 0 bridgehead atoms. The summed E-state index contributed by atoms with van der Waals surface area (Å²) in [5.41, 5.74) is 5.86. The molecule has 2 rings (SSSR count). The van der Waals surface area contributed by atoms with E-state index in [-0.39, 0.29) is 17.1 Å². The highest BCUT2D eigenvalue weighted by Crippen LogP contribution is 2.41. The lowest BCUT2D eigenvalue weighted by atomic mass is 9.68. The van der Waals surface area contributed by atoms with E-state index in [9.17, 15) is 9.18 Å². The van der Waals surface area contributed by atoms with Crippen LogP contribution in [0.25, 0.3) is 0 Å². The Morgan fingerprint density at radius 3 is 2.61 bits per heavy atom. The van der Waals surface area contributed by atoms with E-state index in [0.717, 1.165) is 19.3 Å². The predicted octanol–water partition coefficient (Wildman–Crippen LogP) is 1.91. The quantitative estimate of drug-likeness (QED) is 0.887. The number of amides is 1. The van der Waals surface area contributed by atoms with Crippen molar-refractivity contribution in [1.29, 1.82) is 0 Å². The SMILES string of the molecule is CN(Cc1ccccc1F)C(=O)C1(CN)CCC1. The molecule has 1 amide bonds. The molecule has 2 N–H and O–H groups in total. The summed E-state index contributed by atoms with van der Waals surface area (Å²) < 4.78 is 13.5. The third-order valence-corrected chi connectivity index (χ3v) is 3.87. The number of hydrogen-bond acceptors (Lipinski definition) is 2. The van der Waals surface area contributed by atoms with Crippen LogP contribution in [0.15, 0.2) is 24.3 Å². The van der Waals surface area contributed by atoms with E-state index in [0.29, 0.717) is 18.7 Å². The van der Waals surface area contributed by atoms with Crippen molar-refractivity contribution < 1.29 is 9.18 Å². The fourth-order valence-corrected chi connectivity index (χ4v) is 2.47. The van der Waals surface area contributed by atoms with Gasteiger partial charge in [-0.2, -0.15) is 0 Å². The third kappa shape index (κ3) is 2.25. The number of rotatable bonds is 4. The van der Waals surface area contributed by atoms with Gasteiger partial charge in [-0.25, -0.2) is 4.39 Å². The second-order valence-electron chi connectivity index (χ2n) is 5.09. The molecule has 0 unspecified atom stereocenters. The summed E-state index contributed by atoms with van der Waals surface area (Å²) in [4.78, 5) is 13.9. The second-order valence-corrected chi connectivity index (χ2v) is 5.09. The van der Waals surface area contributed by atoms with Crippen molar-refractivity contribution in [2.45, 2.75) is 25.8 Å². The van der Waals surface area contributed by atoms with E-state index < -0.39 is 0 Å². The van der Waals surface area contributed by atoms with Gasteiger partial charge in [-0.15, -0.1) is 0 Å². The van der Waals surface area contributed by atoms with Crippen molar-refractivity contribution in [3.8, 4) is 0 Å². The molecule has 0 aliphatic heterocycles. The summed E-state index contributed by atoms with van der Waals surface area (Å²) >= 11 is 0. The zero-order valence-corrected chi connectivity index (χ0v) is 10.7. The van der Waals surface area contributed by atoms with Crippen LogP contribution in [0.2, 0.25) is 0 Å². The van der Waals surface area contributed by atoms with Gasteiger partial charge < -0.3 is 10.6 Å². The Bertz CT molecular complexity index is 438. The van der Waals surface area contributed by atoms with Crippen LogP contribution < -0.4 is 5.73 Å². The molecular formula is C14H19FN2O. The first-order valence-electron chi connectivity index (χ1n) is 6.28. The van der Waals surface area contributed by atoms with E-state index in [4.69, 9.17) is 5.73 Å². The van der Waals surface area contributed by atoms with Gasteiger partial charge in [0.25, 0.3) is 0 Å².